The Balaban J connectivity index is 1.89. The molecule has 1 aromatic carbocycles. The van der Waals surface area contributed by atoms with E-state index >= 15 is 0 Å². The van der Waals surface area contributed by atoms with Crippen LogP contribution in [0.15, 0.2) is 28.6 Å². The second-order valence-electron chi connectivity index (χ2n) is 4.74. The maximum atomic E-state index is 12.2. The van der Waals surface area contributed by atoms with E-state index in [0.717, 1.165) is 22.4 Å². The molecule has 2 aromatic rings. The standard InChI is InChI=1S/C15H17N5OS2/c1-3-8-17-14-19-20-15(23-14)22-10(2)13(21)18-12-6-4-11(9-16)5-7-12/h4-7,10H,3,8H2,1-2H3,(H,17,19)(H,18,21)/t10-/m0/s1. The van der Waals surface area contributed by atoms with Gasteiger partial charge in [-0.15, -0.1) is 10.2 Å². The lowest BCUT2D eigenvalue weighted by Gasteiger charge is -2.10. The van der Waals surface area contributed by atoms with E-state index in [1.165, 1.54) is 23.1 Å². The predicted molar refractivity (Wildman–Crippen MR) is 93.8 cm³/mol. The summed E-state index contributed by atoms with van der Waals surface area (Å²) in [5.41, 5.74) is 1.23. The van der Waals surface area contributed by atoms with Crippen LogP contribution in [-0.2, 0) is 4.79 Å². The van der Waals surface area contributed by atoms with E-state index in [2.05, 4.69) is 27.8 Å². The Bertz CT molecular complexity index is 693. The molecule has 0 aliphatic rings. The van der Waals surface area contributed by atoms with Gasteiger partial charge in [0.2, 0.25) is 11.0 Å². The minimum absolute atomic E-state index is 0.113. The molecule has 2 N–H and O–H groups in total. The average Bonchev–Trinajstić information content (AvgIpc) is 3.01. The topological polar surface area (TPSA) is 90.7 Å². The van der Waals surface area contributed by atoms with Crippen LogP contribution in [0.2, 0.25) is 0 Å². The Hall–Kier alpha value is -2.11. The lowest BCUT2D eigenvalue weighted by Crippen LogP contribution is -2.22. The van der Waals surface area contributed by atoms with Crippen LogP contribution in [-0.4, -0.2) is 27.9 Å². The molecule has 0 aliphatic carbocycles. The van der Waals surface area contributed by atoms with Crippen molar-refractivity contribution in [3.63, 3.8) is 0 Å². The summed E-state index contributed by atoms with van der Waals surface area (Å²) in [6.45, 7) is 4.76. The number of aromatic nitrogens is 2. The first kappa shape index (κ1) is 17.2. The van der Waals surface area contributed by atoms with Gasteiger partial charge >= 0.3 is 0 Å². The van der Waals surface area contributed by atoms with Crippen LogP contribution in [0.4, 0.5) is 10.8 Å². The number of carbonyl (C=O) groups excluding carboxylic acids is 1. The number of nitriles is 1. The van der Waals surface area contributed by atoms with Gasteiger partial charge in [0, 0.05) is 12.2 Å². The molecule has 8 heteroatoms. The second-order valence-corrected chi connectivity index (χ2v) is 7.30. The summed E-state index contributed by atoms with van der Waals surface area (Å²) < 4.78 is 0.756. The molecule has 0 unspecified atom stereocenters. The van der Waals surface area contributed by atoms with Gasteiger partial charge in [0.05, 0.1) is 16.9 Å². The van der Waals surface area contributed by atoms with Gasteiger partial charge in [-0.1, -0.05) is 30.0 Å². The Kier molecular flexibility index (Phi) is 6.38. The predicted octanol–water partition coefficient (Wildman–Crippen LogP) is 3.35. The van der Waals surface area contributed by atoms with E-state index in [-0.39, 0.29) is 11.2 Å². The fourth-order valence-electron chi connectivity index (χ4n) is 1.64. The lowest BCUT2D eigenvalue weighted by molar-refractivity contribution is -0.115. The normalized spacial score (nSPS) is 11.5. The van der Waals surface area contributed by atoms with Crippen LogP contribution in [0.25, 0.3) is 0 Å². The molecule has 0 aliphatic heterocycles. The average molecular weight is 347 g/mol. The molecule has 0 fully saturated rings. The quantitative estimate of drug-likeness (QED) is 0.746. The number of thioether (sulfide) groups is 1. The van der Waals surface area contributed by atoms with Gasteiger partial charge in [0.25, 0.3) is 0 Å². The van der Waals surface area contributed by atoms with E-state index in [1.807, 2.05) is 13.0 Å². The van der Waals surface area contributed by atoms with Crippen molar-refractivity contribution in [2.45, 2.75) is 29.9 Å². The summed E-state index contributed by atoms with van der Waals surface area (Å²) in [5, 5.41) is 23.4. The van der Waals surface area contributed by atoms with Crippen LogP contribution in [0.1, 0.15) is 25.8 Å². The van der Waals surface area contributed by atoms with Crippen molar-refractivity contribution in [3.05, 3.63) is 29.8 Å². The molecule has 0 saturated heterocycles. The molecule has 6 nitrogen and oxygen atoms in total. The molecule has 1 amide bonds. The van der Waals surface area contributed by atoms with Crippen LogP contribution >= 0.6 is 23.1 Å². The number of anilines is 2. The van der Waals surface area contributed by atoms with Crippen LogP contribution in [0, 0.1) is 11.3 Å². The molecule has 120 valence electrons. The third-order valence-electron chi connectivity index (χ3n) is 2.86. The van der Waals surface area contributed by atoms with E-state index in [9.17, 15) is 4.79 Å². The molecule has 23 heavy (non-hydrogen) atoms. The smallest absolute Gasteiger partial charge is 0.237 e. The first-order valence-electron chi connectivity index (χ1n) is 7.17. The summed E-state index contributed by atoms with van der Waals surface area (Å²) in [6.07, 6.45) is 1.02. The summed E-state index contributed by atoms with van der Waals surface area (Å²) in [7, 11) is 0. The number of rotatable bonds is 7. The number of carbonyl (C=O) groups is 1. The second kappa shape index (κ2) is 8.50. The Morgan fingerprint density at radius 3 is 2.78 bits per heavy atom. The van der Waals surface area contributed by atoms with Gasteiger partial charge < -0.3 is 10.6 Å². The number of amides is 1. The monoisotopic (exact) mass is 347 g/mol. The van der Waals surface area contributed by atoms with Crippen molar-refractivity contribution < 1.29 is 4.79 Å². The summed E-state index contributed by atoms with van der Waals surface area (Å²) in [5.74, 6) is -0.113. The van der Waals surface area contributed by atoms with E-state index in [4.69, 9.17) is 5.26 Å². The number of nitrogens with one attached hydrogen (secondary N) is 2. The molecular weight excluding hydrogens is 330 g/mol. The molecule has 2 rings (SSSR count). The fraction of sp³-hybridized carbons (Fsp3) is 0.333. The van der Waals surface area contributed by atoms with Gasteiger partial charge in [-0.2, -0.15) is 5.26 Å². The maximum Gasteiger partial charge on any atom is 0.237 e. The number of hydrogen-bond donors (Lipinski definition) is 2. The van der Waals surface area contributed by atoms with Crippen molar-refractivity contribution in [2.75, 3.05) is 17.2 Å². The van der Waals surface area contributed by atoms with Gasteiger partial charge in [-0.3, -0.25) is 4.79 Å². The van der Waals surface area contributed by atoms with Crippen LogP contribution in [0.3, 0.4) is 0 Å². The third-order valence-corrected chi connectivity index (χ3v) is 4.93. The first-order chi connectivity index (χ1) is 11.1. The van der Waals surface area contributed by atoms with Crippen molar-refractivity contribution in [1.29, 1.82) is 5.26 Å². The highest BCUT2D eigenvalue weighted by atomic mass is 32.2. The van der Waals surface area contributed by atoms with Crippen LogP contribution < -0.4 is 10.6 Å². The molecule has 0 radical (unpaired) electrons. The molecular formula is C15H17N5OS2. The summed E-state index contributed by atoms with van der Waals surface area (Å²) >= 11 is 2.82. The van der Waals surface area contributed by atoms with Gasteiger partial charge in [-0.05, 0) is 37.6 Å². The van der Waals surface area contributed by atoms with E-state index < -0.39 is 0 Å². The zero-order valence-corrected chi connectivity index (χ0v) is 14.5. The highest BCUT2D eigenvalue weighted by Gasteiger charge is 2.17. The molecule has 0 spiro atoms. The van der Waals surface area contributed by atoms with Crippen molar-refractivity contribution >= 4 is 39.8 Å². The van der Waals surface area contributed by atoms with Crippen molar-refractivity contribution in [3.8, 4) is 6.07 Å². The maximum absolute atomic E-state index is 12.2. The Morgan fingerprint density at radius 2 is 2.13 bits per heavy atom. The van der Waals surface area contributed by atoms with Gasteiger partial charge in [-0.25, -0.2) is 0 Å². The summed E-state index contributed by atoms with van der Waals surface area (Å²) in [4.78, 5) is 12.2. The van der Waals surface area contributed by atoms with Gasteiger partial charge in [0.15, 0.2) is 4.34 Å². The zero-order valence-electron chi connectivity index (χ0n) is 12.9. The van der Waals surface area contributed by atoms with Crippen LogP contribution in [0.5, 0.6) is 0 Å². The number of benzene rings is 1. The highest BCUT2D eigenvalue weighted by molar-refractivity contribution is 8.02. The van der Waals surface area contributed by atoms with Gasteiger partial charge in [0.1, 0.15) is 0 Å². The minimum atomic E-state index is -0.294. The highest BCUT2D eigenvalue weighted by Crippen LogP contribution is 2.29. The minimum Gasteiger partial charge on any atom is -0.360 e. The van der Waals surface area contributed by atoms with Crippen molar-refractivity contribution in [2.24, 2.45) is 0 Å². The zero-order chi connectivity index (χ0) is 16.7. The fourth-order valence-corrected chi connectivity index (χ4v) is 3.56. The summed E-state index contributed by atoms with van der Waals surface area (Å²) in [6, 6.07) is 8.81. The molecule has 0 bridgehead atoms. The largest absolute Gasteiger partial charge is 0.360 e. The molecule has 1 aromatic heterocycles. The van der Waals surface area contributed by atoms with Crippen molar-refractivity contribution in [1.82, 2.24) is 10.2 Å². The first-order valence-corrected chi connectivity index (χ1v) is 8.87. The van der Waals surface area contributed by atoms with E-state index in [1.54, 1.807) is 24.3 Å². The molecule has 1 atom stereocenters. The number of nitrogens with zero attached hydrogens (tertiary/aromatic N) is 3. The van der Waals surface area contributed by atoms with E-state index in [0.29, 0.717) is 11.3 Å². The molecule has 0 saturated carbocycles. The Labute approximate surface area is 143 Å². The lowest BCUT2D eigenvalue weighted by atomic mass is 10.2. The third kappa shape index (κ3) is 5.23. The number of hydrogen-bond acceptors (Lipinski definition) is 7. The SMILES string of the molecule is CCCNc1nnc(S[C@@H](C)C(=O)Nc2ccc(C#N)cc2)s1. The Morgan fingerprint density at radius 1 is 1.39 bits per heavy atom. The molecule has 1 heterocycles.